The molecule has 0 radical (unpaired) electrons. The maximum atomic E-state index is 9.83. The Hall–Kier alpha value is -1.06. The van der Waals surface area contributed by atoms with E-state index in [1.54, 1.807) is 6.07 Å². The highest BCUT2D eigenvalue weighted by atomic mass is 16.3. The number of aromatic hydroxyl groups is 1. The van der Waals surface area contributed by atoms with E-state index in [1.807, 2.05) is 12.1 Å². The maximum absolute atomic E-state index is 9.83. The Morgan fingerprint density at radius 1 is 1.44 bits per heavy atom. The molecule has 18 heavy (non-hydrogen) atoms. The zero-order chi connectivity index (χ0) is 13.0. The van der Waals surface area contributed by atoms with Gasteiger partial charge >= 0.3 is 0 Å². The molecule has 3 atom stereocenters. The van der Waals surface area contributed by atoms with Gasteiger partial charge in [0.2, 0.25) is 0 Å². The maximum Gasteiger partial charge on any atom is 0.115 e. The lowest BCUT2D eigenvalue weighted by atomic mass is 9.52. The molecule has 0 aromatic heterocycles. The molecule has 0 unspecified atom stereocenters. The summed E-state index contributed by atoms with van der Waals surface area (Å²) >= 11 is 0. The van der Waals surface area contributed by atoms with Gasteiger partial charge in [-0.3, -0.25) is 0 Å². The molecule has 0 spiro atoms. The zero-order valence-corrected chi connectivity index (χ0v) is 10.8. The molecule has 3 rings (SSSR count). The van der Waals surface area contributed by atoms with Crippen LogP contribution in [-0.4, -0.2) is 22.9 Å². The summed E-state index contributed by atoms with van der Waals surface area (Å²) in [6.45, 7) is 2.39. The third-order valence-corrected chi connectivity index (χ3v) is 5.14. The van der Waals surface area contributed by atoms with E-state index in [9.17, 15) is 10.2 Å². The minimum Gasteiger partial charge on any atom is -0.508 e. The fourth-order valence-electron chi connectivity index (χ4n) is 4.09. The molecule has 2 aliphatic rings. The number of rotatable bonds is 1. The first-order valence-corrected chi connectivity index (χ1v) is 6.68. The predicted octanol–water partition coefficient (Wildman–Crippen LogP) is 1.70. The van der Waals surface area contributed by atoms with E-state index in [4.69, 9.17) is 5.73 Å². The van der Waals surface area contributed by atoms with Crippen LogP contribution in [0.4, 0.5) is 0 Å². The van der Waals surface area contributed by atoms with Gasteiger partial charge in [0, 0.05) is 11.5 Å². The fraction of sp³-hybridized carbons (Fsp3) is 0.600. The Labute approximate surface area is 108 Å². The smallest absolute Gasteiger partial charge is 0.115 e. The monoisotopic (exact) mass is 247 g/mol. The van der Waals surface area contributed by atoms with Crippen LogP contribution in [0.3, 0.4) is 0 Å². The number of aliphatic hydroxyl groups is 1. The largest absolute Gasteiger partial charge is 0.508 e. The van der Waals surface area contributed by atoms with Gasteiger partial charge < -0.3 is 15.9 Å². The van der Waals surface area contributed by atoms with Gasteiger partial charge in [-0.15, -0.1) is 0 Å². The molecule has 3 nitrogen and oxygen atoms in total. The Morgan fingerprint density at radius 2 is 2.22 bits per heavy atom. The van der Waals surface area contributed by atoms with Crippen molar-refractivity contribution in [1.82, 2.24) is 0 Å². The average Bonchev–Trinajstić information content (AvgIpc) is 2.36. The summed E-state index contributed by atoms with van der Waals surface area (Å²) in [6, 6.07) is 5.70. The molecule has 98 valence electrons. The van der Waals surface area contributed by atoms with Crippen LogP contribution < -0.4 is 5.73 Å². The summed E-state index contributed by atoms with van der Waals surface area (Å²) in [5.41, 5.74) is 8.63. The summed E-state index contributed by atoms with van der Waals surface area (Å²) in [5.74, 6) is 0.335. The Kier molecular flexibility index (Phi) is 2.48. The van der Waals surface area contributed by atoms with Crippen molar-refractivity contribution in [2.45, 2.75) is 44.1 Å². The topological polar surface area (TPSA) is 66.5 Å². The highest BCUT2D eigenvalue weighted by Crippen LogP contribution is 2.54. The van der Waals surface area contributed by atoms with Gasteiger partial charge in [0.1, 0.15) is 5.75 Å². The summed E-state index contributed by atoms with van der Waals surface area (Å²) < 4.78 is 0. The average molecular weight is 247 g/mol. The van der Waals surface area contributed by atoms with Gasteiger partial charge in [-0.1, -0.05) is 13.0 Å². The van der Waals surface area contributed by atoms with Crippen LogP contribution in [0.2, 0.25) is 0 Å². The molecule has 1 aromatic carbocycles. The number of phenols is 1. The minimum absolute atomic E-state index is 0.0466. The molecule has 1 saturated carbocycles. The molecule has 0 amide bonds. The van der Waals surface area contributed by atoms with Gasteiger partial charge in [-0.05, 0) is 54.4 Å². The third-order valence-electron chi connectivity index (χ3n) is 5.14. The van der Waals surface area contributed by atoms with Crippen LogP contribution in [0.25, 0.3) is 0 Å². The van der Waals surface area contributed by atoms with Crippen molar-refractivity contribution in [3.63, 3.8) is 0 Å². The number of nitrogens with two attached hydrogens (primary N) is 1. The van der Waals surface area contributed by atoms with Crippen LogP contribution in [0.5, 0.6) is 5.75 Å². The molecule has 4 N–H and O–H groups in total. The summed E-state index contributed by atoms with van der Waals surface area (Å²) in [5, 5.41) is 19.5. The first-order chi connectivity index (χ1) is 8.49. The number of fused-ring (bicyclic) bond motifs is 4. The van der Waals surface area contributed by atoms with Crippen LogP contribution in [0.15, 0.2) is 18.2 Å². The molecular formula is C15H21NO2. The second-order valence-electron chi connectivity index (χ2n) is 6.42. The molecule has 0 heterocycles. The number of phenolic OH excluding ortho intramolecular Hbond substituents is 1. The quantitative estimate of drug-likeness (QED) is 0.707. The van der Waals surface area contributed by atoms with Gasteiger partial charge in [-0.2, -0.15) is 0 Å². The first-order valence-electron chi connectivity index (χ1n) is 6.68. The van der Waals surface area contributed by atoms with Crippen molar-refractivity contribution >= 4 is 0 Å². The summed E-state index contributed by atoms with van der Waals surface area (Å²) in [7, 11) is 0. The number of benzene rings is 1. The van der Waals surface area contributed by atoms with Crippen molar-refractivity contribution < 1.29 is 10.2 Å². The number of hydrogen-bond acceptors (Lipinski definition) is 3. The van der Waals surface area contributed by atoms with Gasteiger partial charge in [0.15, 0.2) is 0 Å². The molecule has 2 aliphatic carbocycles. The van der Waals surface area contributed by atoms with E-state index in [2.05, 4.69) is 6.92 Å². The van der Waals surface area contributed by atoms with Gasteiger partial charge in [0.05, 0.1) is 6.61 Å². The van der Waals surface area contributed by atoms with Crippen molar-refractivity contribution in [2.75, 3.05) is 6.61 Å². The highest BCUT2D eigenvalue weighted by molar-refractivity contribution is 5.44. The zero-order valence-electron chi connectivity index (χ0n) is 10.8. The van der Waals surface area contributed by atoms with Crippen LogP contribution in [0.1, 0.15) is 37.3 Å². The predicted molar refractivity (Wildman–Crippen MR) is 70.5 cm³/mol. The molecule has 2 bridgehead atoms. The normalized spacial score (nSPS) is 38.3. The van der Waals surface area contributed by atoms with E-state index >= 15 is 0 Å². The number of hydrogen-bond donors (Lipinski definition) is 3. The number of aliphatic hydroxyl groups excluding tert-OH is 1. The SMILES string of the molecule is C[C@@]12CC[C@H](N)[C@@](CO)(Cc3ccc(O)cc31)C2. The van der Waals surface area contributed by atoms with Gasteiger partial charge in [0.25, 0.3) is 0 Å². The first kappa shape index (κ1) is 12.0. The molecule has 0 saturated heterocycles. The van der Waals surface area contributed by atoms with E-state index < -0.39 is 0 Å². The van der Waals surface area contributed by atoms with Gasteiger partial charge in [-0.25, -0.2) is 0 Å². The Balaban J connectivity index is 2.15. The Bertz CT molecular complexity index is 487. The molecule has 1 aromatic rings. The van der Waals surface area contributed by atoms with E-state index in [-0.39, 0.29) is 23.5 Å². The Morgan fingerprint density at radius 3 is 2.94 bits per heavy atom. The highest BCUT2D eigenvalue weighted by Gasteiger charge is 2.51. The molecule has 1 fully saturated rings. The van der Waals surface area contributed by atoms with Crippen molar-refractivity contribution in [2.24, 2.45) is 11.1 Å². The van der Waals surface area contributed by atoms with E-state index in [0.717, 1.165) is 25.7 Å². The molecule has 0 aliphatic heterocycles. The van der Waals surface area contributed by atoms with E-state index in [1.165, 1.54) is 11.1 Å². The third kappa shape index (κ3) is 1.50. The van der Waals surface area contributed by atoms with Crippen LogP contribution in [-0.2, 0) is 11.8 Å². The van der Waals surface area contributed by atoms with Crippen molar-refractivity contribution in [3.8, 4) is 5.75 Å². The lowest BCUT2D eigenvalue weighted by molar-refractivity contribution is 0.0171. The summed E-state index contributed by atoms with van der Waals surface area (Å²) in [6.07, 6.45) is 3.74. The van der Waals surface area contributed by atoms with Crippen LogP contribution in [0, 0.1) is 5.41 Å². The fourth-order valence-corrected chi connectivity index (χ4v) is 4.09. The molecular weight excluding hydrogens is 226 g/mol. The van der Waals surface area contributed by atoms with Crippen molar-refractivity contribution in [3.05, 3.63) is 29.3 Å². The second kappa shape index (κ2) is 3.72. The second-order valence-corrected chi connectivity index (χ2v) is 6.42. The van der Waals surface area contributed by atoms with E-state index in [0.29, 0.717) is 5.75 Å². The standard InChI is InChI=1S/C15H21NO2/c1-14-5-4-13(16)15(8-14,9-17)7-10-2-3-11(18)6-12(10)14/h2-3,6,13,17-18H,4-5,7-9,16H2,1H3/t13-,14-,15-/m0/s1. The minimum atomic E-state index is -0.170. The lowest BCUT2D eigenvalue weighted by Crippen LogP contribution is -2.56. The van der Waals surface area contributed by atoms with Crippen LogP contribution >= 0.6 is 0 Å². The molecule has 3 heteroatoms. The lowest BCUT2D eigenvalue weighted by Gasteiger charge is -2.54. The van der Waals surface area contributed by atoms with Crippen molar-refractivity contribution in [1.29, 1.82) is 0 Å². The summed E-state index contributed by atoms with van der Waals surface area (Å²) in [4.78, 5) is 0.